The molecule has 1 heterocycles. The minimum atomic E-state index is -0.950. The molecule has 0 saturated heterocycles. The van der Waals surface area contributed by atoms with E-state index in [2.05, 4.69) is 15.0 Å². The largest absolute Gasteiger partial charge is 0.350 e. The van der Waals surface area contributed by atoms with Gasteiger partial charge in [0.1, 0.15) is 5.82 Å². The molecule has 0 atom stereocenters. The van der Waals surface area contributed by atoms with Crippen molar-refractivity contribution in [3.8, 4) is 0 Å². The van der Waals surface area contributed by atoms with Crippen LogP contribution in [0, 0.1) is 0 Å². The number of hydrogen-bond acceptors (Lipinski definition) is 7. The van der Waals surface area contributed by atoms with Gasteiger partial charge in [0.15, 0.2) is 0 Å². The Hall–Kier alpha value is -2.53. The van der Waals surface area contributed by atoms with Crippen LogP contribution in [0.1, 0.15) is 43.8 Å². The molecule has 1 aliphatic carbocycles. The summed E-state index contributed by atoms with van der Waals surface area (Å²) in [5.74, 6) is 11.1. The van der Waals surface area contributed by atoms with Crippen LogP contribution < -0.4 is 33.2 Å². The fourth-order valence-corrected chi connectivity index (χ4v) is 2.33. The standard InChI is InChI=1S/C11H19N9O2/c12-8(21)19(14)10-16-7(6-4-2-1-3-5-6)17-11(18-10)20(15)9(13)22/h6H,1-5,14-15H2,(H2,12,21)(H2,13,22). The van der Waals surface area contributed by atoms with E-state index in [1.54, 1.807) is 0 Å². The van der Waals surface area contributed by atoms with E-state index in [0.29, 0.717) is 15.8 Å². The molecule has 0 bridgehead atoms. The molecule has 4 amide bonds. The van der Waals surface area contributed by atoms with Gasteiger partial charge in [-0.3, -0.25) is 0 Å². The number of carbonyl (C=O) groups is 2. The van der Waals surface area contributed by atoms with Crippen molar-refractivity contribution in [3.63, 3.8) is 0 Å². The lowest BCUT2D eigenvalue weighted by Gasteiger charge is -2.23. The van der Waals surface area contributed by atoms with E-state index < -0.39 is 12.1 Å². The maximum Gasteiger partial charge on any atom is 0.336 e. The third kappa shape index (κ3) is 3.38. The van der Waals surface area contributed by atoms with Gasteiger partial charge in [0.2, 0.25) is 0 Å². The Balaban J connectivity index is 2.43. The van der Waals surface area contributed by atoms with Crippen molar-refractivity contribution in [2.45, 2.75) is 38.0 Å². The summed E-state index contributed by atoms with van der Waals surface area (Å²) >= 11 is 0. The molecule has 0 spiro atoms. The van der Waals surface area contributed by atoms with Gasteiger partial charge in [0.25, 0.3) is 11.9 Å². The van der Waals surface area contributed by atoms with Crippen molar-refractivity contribution >= 4 is 24.0 Å². The Labute approximate surface area is 126 Å². The summed E-state index contributed by atoms with van der Waals surface area (Å²) in [6.07, 6.45) is 5.03. The Bertz CT molecular complexity index is 534. The molecule has 1 aromatic heterocycles. The smallest absolute Gasteiger partial charge is 0.336 e. The lowest BCUT2D eigenvalue weighted by Crippen LogP contribution is -2.45. The second-order valence-corrected chi connectivity index (χ2v) is 5.05. The molecule has 1 aromatic rings. The highest BCUT2D eigenvalue weighted by molar-refractivity contribution is 5.89. The number of carbonyl (C=O) groups excluding carboxylic acids is 2. The molecule has 2 rings (SSSR count). The molecule has 0 unspecified atom stereocenters. The van der Waals surface area contributed by atoms with E-state index >= 15 is 0 Å². The van der Waals surface area contributed by atoms with Crippen LogP contribution in [-0.4, -0.2) is 27.0 Å². The van der Waals surface area contributed by atoms with Crippen molar-refractivity contribution in [1.82, 2.24) is 15.0 Å². The van der Waals surface area contributed by atoms with E-state index in [1.165, 1.54) is 0 Å². The highest BCUT2D eigenvalue weighted by Crippen LogP contribution is 2.31. The number of anilines is 2. The number of hydrazine groups is 2. The molecule has 8 N–H and O–H groups in total. The quantitative estimate of drug-likeness (QED) is 0.327. The van der Waals surface area contributed by atoms with Gasteiger partial charge in [-0.1, -0.05) is 19.3 Å². The van der Waals surface area contributed by atoms with Crippen LogP contribution in [0.4, 0.5) is 21.5 Å². The predicted molar refractivity (Wildman–Crippen MR) is 78.2 cm³/mol. The molecule has 0 aromatic carbocycles. The average molecular weight is 309 g/mol. The Morgan fingerprint density at radius 3 is 1.73 bits per heavy atom. The normalized spacial score (nSPS) is 15.4. The number of urea groups is 2. The van der Waals surface area contributed by atoms with Crippen LogP contribution in [0.3, 0.4) is 0 Å². The van der Waals surface area contributed by atoms with Gasteiger partial charge in [-0.15, -0.1) is 0 Å². The summed E-state index contributed by atoms with van der Waals surface area (Å²) in [4.78, 5) is 34.6. The van der Waals surface area contributed by atoms with E-state index in [9.17, 15) is 9.59 Å². The van der Waals surface area contributed by atoms with Crippen molar-refractivity contribution in [3.05, 3.63) is 5.82 Å². The van der Waals surface area contributed by atoms with Gasteiger partial charge in [-0.25, -0.2) is 21.3 Å². The van der Waals surface area contributed by atoms with Crippen LogP contribution >= 0.6 is 0 Å². The lowest BCUT2D eigenvalue weighted by atomic mass is 9.89. The van der Waals surface area contributed by atoms with Gasteiger partial charge in [0.05, 0.1) is 0 Å². The fourth-order valence-electron chi connectivity index (χ4n) is 2.33. The third-order valence-corrected chi connectivity index (χ3v) is 3.51. The first kappa shape index (κ1) is 15.9. The molecule has 1 aliphatic rings. The monoisotopic (exact) mass is 309 g/mol. The van der Waals surface area contributed by atoms with E-state index in [0.717, 1.165) is 32.1 Å². The highest BCUT2D eigenvalue weighted by Gasteiger charge is 2.24. The van der Waals surface area contributed by atoms with Crippen LogP contribution in [-0.2, 0) is 0 Å². The first-order valence-electron chi connectivity index (χ1n) is 6.84. The zero-order chi connectivity index (χ0) is 16.3. The van der Waals surface area contributed by atoms with Crippen molar-refractivity contribution in [2.75, 3.05) is 10.0 Å². The first-order chi connectivity index (χ1) is 10.4. The van der Waals surface area contributed by atoms with E-state index in [-0.39, 0.29) is 17.8 Å². The molecule has 11 nitrogen and oxygen atoms in total. The third-order valence-electron chi connectivity index (χ3n) is 3.51. The minimum absolute atomic E-state index is 0.0804. The second kappa shape index (κ2) is 6.49. The number of amides is 4. The summed E-state index contributed by atoms with van der Waals surface area (Å²) < 4.78 is 0. The van der Waals surface area contributed by atoms with Gasteiger partial charge in [0, 0.05) is 5.92 Å². The van der Waals surface area contributed by atoms with Crippen LogP contribution in [0.15, 0.2) is 0 Å². The Morgan fingerprint density at radius 1 is 0.864 bits per heavy atom. The van der Waals surface area contributed by atoms with Gasteiger partial charge in [-0.2, -0.15) is 25.0 Å². The highest BCUT2D eigenvalue weighted by atomic mass is 16.2. The number of aromatic nitrogens is 3. The molecule has 0 radical (unpaired) electrons. The van der Waals surface area contributed by atoms with E-state index in [1.807, 2.05) is 0 Å². The molecule has 11 heteroatoms. The SMILES string of the molecule is NC(=O)N(N)c1nc(C2CCCCC2)nc(N(N)C(N)=O)n1. The number of nitrogens with zero attached hydrogens (tertiary/aromatic N) is 5. The summed E-state index contributed by atoms with van der Waals surface area (Å²) in [5, 5.41) is 1.12. The number of hydrogen-bond donors (Lipinski definition) is 4. The topological polar surface area (TPSA) is 183 Å². The fraction of sp³-hybridized carbons (Fsp3) is 0.545. The van der Waals surface area contributed by atoms with Crippen LogP contribution in [0.5, 0.6) is 0 Å². The number of nitrogens with two attached hydrogens (primary N) is 4. The maximum atomic E-state index is 11.2. The first-order valence-corrected chi connectivity index (χ1v) is 6.84. The van der Waals surface area contributed by atoms with Gasteiger partial charge >= 0.3 is 12.1 Å². The second-order valence-electron chi connectivity index (χ2n) is 5.05. The Kier molecular flexibility index (Phi) is 4.68. The molecule has 120 valence electrons. The molecular weight excluding hydrogens is 290 g/mol. The van der Waals surface area contributed by atoms with Crippen molar-refractivity contribution < 1.29 is 9.59 Å². The maximum absolute atomic E-state index is 11.2. The Morgan fingerprint density at radius 2 is 1.32 bits per heavy atom. The number of rotatable bonds is 3. The summed E-state index contributed by atoms with van der Waals surface area (Å²) in [6.45, 7) is 0. The van der Waals surface area contributed by atoms with Crippen LogP contribution in [0.25, 0.3) is 0 Å². The molecule has 1 saturated carbocycles. The predicted octanol–water partition coefficient (Wildman–Crippen LogP) is -0.563. The minimum Gasteiger partial charge on any atom is -0.350 e. The molecular formula is C11H19N9O2. The zero-order valence-electron chi connectivity index (χ0n) is 12.0. The molecule has 0 aliphatic heterocycles. The van der Waals surface area contributed by atoms with Crippen molar-refractivity contribution in [2.24, 2.45) is 23.2 Å². The summed E-state index contributed by atoms with van der Waals surface area (Å²) in [6, 6.07) is -1.90. The summed E-state index contributed by atoms with van der Waals surface area (Å²) in [5.41, 5.74) is 10.2. The zero-order valence-corrected chi connectivity index (χ0v) is 12.0. The summed E-state index contributed by atoms with van der Waals surface area (Å²) in [7, 11) is 0. The van der Waals surface area contributed by atoms with E-state index in [4.69, 9.17) is 23.2 Å². The lowest BCUT2D eigenvalue weighted by molar-refractivity contribution is 0.253. The van der Waals surface area contributed by atoms with Gasteiger partial charge in [-0.05, 0) is 12.8 Å². The van der Waals surface area contributed by atoms with Gasteiger partial charge < -0.3 is 11.5 Å². The van der Waals surface area contributed by atoms with Crippen LogP contribution in [0.2, 0.25) is 0 Å². The molecule has 22 heavy (non-hydrogen) atoms. The number of primary amides is 2. The van der Waals surface area contributed by atoms with Crippen molar-refractivity contribution in [1.29, 1.82) is 0 Å². The molecule has 1 fully saturated rings. The average Bonchev–Trinajstić information content (AvgIpc) is 2.53.